The normalized spacial score (nSPS) is 11.0. The maximum atomic E-state index is 12.7. The average molecular weight is 387 g/mol. The Kier molecular flexibility index (Phi) is 6.76. The van der Waals surface area contributed by atoms with Gasteiger partial charge in [0.15, 0.2) is 5.78 Å². The predicted octanol–water partition coefficient (Wildman–Crippen LogP) is 4.79. The van der Waals surface area contributed by atoms with Gasteiger partial charge in [0.25, 0.3) is 0 Å². The molecule has 5 nitrogen and oxygen atoms in total. The molecule has 1 N–H and O–H groups in total. The molecule has 0 aliphatic carbocycles. The number of nitrogens with zero attached hydrogens (tertiary/aromatic N) is 2. The number of aromatic nitrogens is 1. The van der Waals surface area contributed by atoms with Crippen LogP contribution in [0.5, 0.6) is 5.75 Å². The van der Waals surface area contributed by atoms with Crippen molar-refractivity contribution in [1.82, 2.24) is 9.88 Å². The Bertz CT molecular complexity index is 998. The zero-order valence-electron chi connectivity index (χ0n) is 16.9. The second-order valence-electron chi connectivity index (χ2n) is 6.94. The maximum absolute atomic E-state index is 12.7. The van der Waals surface area contributed by atoms with Crippen LogP contribution in [-0.2, 0) is 6.54 Å². The van der Waals surface area contributed by atoms with Crippen LogP contribution in [0.2, 0.25) is 0 Å². The van der Waals surface area contributed by atoms with E-state index < -0.39 is 0 Å². The molecule has 0 amide bonds. The molecule has 0 radical (unpaired) electrons. The van der Waals surface area contributed by atoms with E-state index in [4.69, 9.17) is 4.74 Å². The Morgan fingerprint density at radius 1 is 1.07 bits per heavy atom. The Balaban J connectivity index is 1.78. The SMILES string of the molecule is COc1ccc(C=CC(=O)c2cccc(Nc3ccncc3)c2)c(CN(C)C)c1. The van der Waals surface area contributed by atoms with E-state index in [0.29, 0.717) is 5.56 Å². The quantitative estimate of drug-likeness (QED) is 0.445. The molecule has 0 saturated heterocycles. The van der Waals surface area contributed by atoms with Crippen molar-refractivity contribution in [2.45, 2.75) is 6.54 Å². The molecule has 0 unspecified atom stereocenters. The lowest BCUT2D eigenvalue weighted by Gasteiger charge is -2.13. The highest BCUT2D eigenvalue weighted by molar-refractivity contribution is 6.07. The van der Waals surface area contributed by atoms with Gasteiger partial charge in [-0.3, -0.25) is 9.78 Å². The van der Waals surface area contributed by atoms with Crippen LogP contribution in [0.4, 0.5) is 11.4 Å². The number of hydrogen-bond donors (Lipinski definition) is 1. The van der Waals surface area contributed by atoms with Crippen LogP contribution >= 0.6 is 0 Å². The summed E-state index contributed by atoms with van der Waals surface area (Å²) in [5.41, 5.74) is 4.51. The number of allylic oxidation sites excluding steroid dienone is 1. The fourth-order valence-corrected chi connectivity index (χ4v) is 2.96. The predicted molar refractivity (Wildman–Crippen MR) is 118 cm³/mol. The first kappa shape index (κ1) is 20.3. The Morgan fingerprint density at radius 2 is 1.86 bits per heavy atom. The largest absolute Gasteiger partial charge is 0.497 e. The minimum Gasteiger partial charge on any atom is -0.497 e. The number of benzene rings is 2. The van der Waals surface area contributed by atoms with Crippen molar-refractivity contribution in [1.29, 1.82) is 0 Å². The number of ketones is 1. The van der Waals surface area contributed by atoms with E-state index in [9.17, 15) is 4.79 Å². The molecule has 1 aromatic heterocycles. The summed E-state index contributed by atoms with van der Waals surface area (Å²) >= 11 is 0. The second-order valence-corrected chi connectivity index (χ2v) is 6.94. The van der Waals surface area contributed by atoms with Crippen LogP contribution in [-0.4, -0.2) is 36.9 Å². The summed E-state index contributed by atoms with van der Waals surface area (Å²) in [6, 6.07) is 17.1. The molecule has 0 aliphatic rings. The summed E-state index contributed by atoms with van der Waals surface area (Å²) in [5, 5.41) is 3.28. The molecule has 0 aliphatic heterocycles. The van der Waals surface area contributed by atoms with Gasteiger partial charge >= 0.3 is 0 Å². The van der Waals surface area contributed by atoms with Gasteiger partial charge < -0.3 is 15.0 Å². The highest BCUT2D eigenvalue weighted by Gasteiger charge is 2.07. The van der Waals surface area contributed by atoms with Crippen LogP contribution < -0.4 is 10.1 Å². The molecule has 0 fully saturated rings. The van der Waals surface area contributed by atoms with E-state index in [1.54, 1.807) is 25.6 Å². The number of anilines is 2. The van der Waals surface area contributed by atoms with Crippen LogP contribution in [0.15, 0.2) is 73.1 Å². The molecule has 3 aromatic rings. The van der Waals surface area contributed by atoms with E-state index >= 15 is 0 Å². The Morgan fingerprint density at radius 3 is 2.59 bits per heavy atom. The number of hydrogen-bond acceptors (Lipinski definition) is 5. The summed E-state index contributed by atoms with van der Waals surface area (Å²) < 4.78 is 5.33. The Hall–Kier alpha value is -3.44. The van der Waals surface area contributed by atoms with Crippen molar-refractivity contribution in [2.75, 3.05) is 26.5 Å². The number of ether oxygens (including phenoxy) is 1. The van der Waals surface area contributed by atoms with Crippen LogP contribution in [0.25, 0.3) is 6.08 Å². The standard InChI is InChI=1S/C24H25N3O2/c1-27(2)17-20-16-23(29-3)9-7-18(20)8-10-24(28)19-5-4-6-22(15-19)26-21-11-13-25-14-12-21/h4-16H,17H2,1-3H3,(H,25,26). The number of pyridine rings is 1. The topological polar surface area (TPSA) is 54.5 Å². The fraction of sp³-hybridized carbons (Fsp3) is 0.167. The number of nitrogens with one attached hydrogen (secondary N) is 1. The molecule has 1 heterocycles. The highest BCUT2D eigenvalue weighted by Crippen LogP contribution is 2.21. The lowest BCUT2D eigenvalue weighted by atomic mass is 10.0. The smallest absolute Gasteiger partial charge is 0.185 e. The molecule has 0 spiro atoms. The first-order valence-corrected chi connectivity index (χ1v) is 9.36. The van der Waals surface area contributed by atoms with Crippen LogP contribution in [0.3, 0.4) is 0 Å². The highest BCUT2D eigenvalue weighted by atomic mass is 16.5. The first-order chi connectivity index (χ1) is 14.0. The summed E-state index contributed by atoms with van der Waals surface area (Å²) in [6.45, 7) is 0.760. The van der Waals surface area contributed by atoms with Gasteiger partial charge in [-0.1, -0.05) is 24.3 Å². The summed E-state index contributed by atoms with van der Waals surface area (Å²) in [7, 11) is 5.68. The Labute approximate surface area is 171 Å². The average Bonchev–Trinajstić information content (AvgIpc) is 2.73. The van der Waals surface area contributed by atoms with Gasteiger partial charge in [0.2, 0.25) is 0 Å². The van der Waals surface area contributed by atoms with E-state index in [0.717, 1.165) is 34.8 Å². The third-order valence-electron chi connectivity index (χ3n) is 4.37. The minimum atomic E-state index is -0.0463. The minimum absolute atomic E-state index is 0.0463. The summed E-state index contributed by atoms with van der Waals surface area (Å²) in [6.07, 6.45) is 6.93. The molecule has 2 aromatic carbocycles. The molecule has 0 saturated carbocycles. The van der Waals surface area contributed by atoms with Gasteiger partial charge in [0.1, 0.15) is 5.75 Å². The van der Waals surface area contributed by atoms with Gasteiger partial charge in [-0.05, 0) is 67.7 Å². The third-order valence-corrected chi connectivity index (χ3v) is 4.37. The number of carbonyl (C=O) groups excluding carboxylic acids is 1. The molecule has 3 rings (SSSR count). The molecular formula is C24H25N3O2. The molecular weight excluding hydrogens is 362 g/mol. The van der Waals surface area contributed by atoms with Crippen molar-refractivity contribution in [3.63, 3.8) is 0 Å². The number of methoxy groups -OCH3 is 1. The van der Waals surface area contributed by atoms with E-state index in [-0.39, 0.29) is 5.78 Å². The molecule has 5 heteroatoms. The molecule has 0 atom stereocenters. The van der Waals surface area contributed by atoms with E-state index in [1.807, 2.05) is 74.8 Å². The fourth-order valence-electron chi connectivity index (χ4n) is 2.96. The van der Waals surface area contributed by atoms with E-state index in [2.05, 4.69) is 15.2 Å². The van der Waals surface area contributed by atoms with Gasteiger partial charge in [-0.25, -0.2) is 0 Å². The van der Waals surface area contributed by atoms with Crippen molar-refractivity contribution < 1.29 is 9.53 Å². The van der Waals surface area contributed by atoms with Crippen LogP contribution in [0.1, 0.15) is 21.5 Å². The maximum Gasteiger partial charge on any atom is 0.185 e. The van der Waals surface area contributed by atoms with Gasteiger partial charge in [0, 0.05) is 35.9 Å². The monoisotopic (exact) mass is 387 g/mol. The zero-order valence-corrected chi connectivity index (χ0v) is 16.9. The zero-order chi connectivity index (χ0) is 20.6. The van der Waals surface area contributed by atoms with Gasteiger partial charge in [-0.2, -0.15) is 0 Å². The summed E-state index contributed by atoms with van der Waals surface area (Å²) in [5.74, 6) is 0.759. The molecule has 29 heavy (non-hydrogen) atoms. The van der Waals surface area contributed by atoms with E-state index in [1.165, 1.54) is 0 Å². The van der Waals surface area contributed by atoms with Gasteiger partial charge in [-0.15, -0.1) is 0 Å². The second kappa shape index (κ2) is 9.66. The first-order valence-electron chi connectivity index (χ1n) is 9.36. The number of carbonyl (C=O) groups is 1. The third kappa shape index (κ3) is 5.77. The summed E-state index contributed by atoms with van der Waals surface area (Å²) in [4.78, 5) is 18.8. The van der Waals surface area contributed by atoms with Crippen molar-refractivity contribution >= 4 is 23.2 Å². The molecule has 0 bridgehead atoms. The number of rotatable bonds is 8. The van der Waals surface area contributed by atoms with Crippen molar-refractivity contribution in [3.05, 3.63) is 89.8 Å². The molecule has 148 valence electrons. The lowest BCUT2D eigenvalue weighted by Crippen LogP contribution is -2.11. The van der Waals surface area contributed by atoms with Crippen molar-refractivity contribution in [3.8, 4) is 5.75 Å². The van der Waals surface area contributed by atoms with Crippen molar-refractivity contribution in [2.24, 2.45) is 0 Å². The van der Waals surface area contributed by atoms with Crippen LogP contribution in [0, 0.1) is 0 Å². The van der Waals surface area contributed by atoms with Gasteiger partial charge in [0.05, 0.1) is 7.11 Å². The lowest BCUT2D eigenvalue weighted by molar-refractivity contribution is 0.104.